The monoisotopic (exact) mass is 343 g/mol. The van der Waals surface area contributed by atoms with Crippen molar-refractivity contribution in [3.05, 3.63) is 63.7 Å². The van der Waals surface area contributed by atoms with E-state index in [0.717, 1.165) is 11.1 Å². The Balaban J connectivity index is 0.00000242. The quantitative estimate of drug-likeness (QED) is 0.388. The molecule has 2 aromatic carbocycles. The van der Waals surface area contributed by atoms with Crippen LogP contribution in [0.5, 0.6) is 0 Å². The first kappa shape index (κ1) is 19.1. The Morgan fingerprint density at radius 3 is 2.36 bits per heavy atom. The molecule has 110 valence electrons. The minimum atomic E-state index is -0.948. The molecule has 2 rings (SSSR count). The first-order valence-electron chi connectivity index (χ1n) is 6.30. The third kappa shape index (κ3) is 4.31. The number of nitrogens with two attached hydrogens (primary N) is 1. The number of aliphatic carboxylic acids is 1. The van der Waals surface area contributed by atoms with E-state index in [4.69, 9.17) is 34.7 Å². The molecule has 0 bridgehead atoms. The summed E-state index contributed by atoms with van der Waals surface area (Å²) in [4.78, 5) is 11.4. The Morgan fingerprint density at radius 2 is 1.82 bits per heavy atom. The van der Waals surface area contributed by atoms with E-state index in [1.807, 2.05) is 31.2 Å². The third-order valence-corrected chi connectivity index (χ3v) is 3.92. The number of hydrogen-bond donors (Lipinski definition) is 2. The molecule has 0 aromatic heterocycles. The Labute approximate surface area is 161 Å². The van der Waals surface area contributed by atoms with E-state index >= 15 is 0 Å². The number of hydrogen-bond acceptors (Lipinski definition) is 3. The van der Waals surface area contributed by atoms with Crippen LogP contribution in [0.25, 0.3) is 0 Å². The predicted molar refractivity (Wildman–Crippen MR) is 96.3 cm³/mol. The summed E-state index contributed by atoms with van der Waals surface area (Å²) in [6.45, 7) is 1.99. The number of aryl methyl sites for hydroxylation is 1. The van der Waals surface area contributed by atoms with Crippen LogP contribution < -0.4 is 5.73 Å². The number of rotatable bonds is 4. The molecule has 3 nitrogen and oxygen atoms in total. The molecule has 0 heterocycles. The molecule has 6 heteroatoms. The van der Waals surface area contributed by atoms with Gasteiger partial charge in [0.05, 0.1) is 16.3 Å². The third-order valence-electron chi connectivity index (χ3n) is 3.17. The summed E-state index contributed by atoms with van der Waals surface area (Å²) in [6, 6.07) is 11.0. The molecule has 0 saturated carbocycles. The Hall–Kier alpha value is -0.910. The van der Waals surface area contributed by atoms with Crippen molar-refractivity contribution in [3.63, 3.8) is 0 Å². The maximum absolute atomic E-state index is 10.9. The molecule has 0 amide bonds. The zero-order chi connectivity index (χ0) is 15.6. The maximum atomic E-state index is 10.9. The molecule has 0 unspecified atom stereocenters. The molecule has 0 aliphatic heterocycles. The summed E-state index contributed by atoms with van der Waals surface area (Å²) in [5, 5.41) is 9.34. The van der Waals surface area contributed by atoms with Crippen LogP contribution in [0.2, 0.25) is 5.02 Å². The first-order valence-corrected chi connectivity index (χ1v) is 7.08. The molecule has 0 spiro atoms. The topological polar surface area (TPSA) is 63.3 Å². The summed E-state index contributed by atoms with van der Waals surface area (Å²) in [6.07, 6.45) is -0.160. The van der Waals surface area contributed by atoms with Crippen LogP contribution in [0.15, 0.2) is 36.4 Å². The van der Waals surface area contributed by atoms with E-state index in [1.165, 1.54) is 0 Å². The van der Waals surface area contributed by atoms with Gasteiger partial charge in [-0.15, -0.1) is 0 Å². The van der Waals surface area contributed by atoms with Crippen molar-refractivity contribution < 1.29 is 9.90 Å². The van der Waals surface area contributed by atoms with Gasteiger partial charge in [-0.05, 0) is 24.1 Å². The SMILES string of the molecule is Cc1ccc(C(=S)c2c(Cl)ccc(CC(=O)O)c2N)cc1.[NaH]. The Morgan fingerprint density at radius 1 is 1.23 bits per heavy atom. The normalized spacial score (nSPS) is 9.91. The van der Waals surface area contributed by atoms with Crippen LogP contribution >= 0.6 is 23.8 Å². The van der Waals surface area contributed by atoms with Crippen LogP contribution in [0.3, 0.4) is 0 Å². The fraction of sp³-hybridized carbons (Fsp3) is 0.125. The van der Waals surface area contributed by atoms with Gasteiger partial charge < -0.3 is 10.8 Å². The van der Waals surface area contributed by atoms with Crippen LogP contribution in [0.1, 0.15) is 22.3 Å². The van der Waals surface area contributed by atoms with Gasteiger partial charge in [0.15, 0.2) is 0 Å². The van der Waals surface area contributed by atoms with Gasteiger partial charge >= 0.3 is 35.5 Å². The number of carboxylic acids is 1. The summed E-state index contributed by atoms with van der Waals surface area (Å²) in [5.41, 5.74) is 9.38. The molecule has 0 atom stereocenters. The van der Waals surface area contributed by atoms with Crippen molar-refractivity contribution in [2.24, 2.45) is 0 Å². The van der Waals surface area contributed by atoms with E-state index in [2.05, 4.69) is 0 Å². The molecule has 0 saturated heterocycles. The van der Waals surface area contributed by atoms with Gasteiger partial charge in [-0.3, -0.25) is 4.79 Å². The van der Waals surface area contributed by atoms with Crippen molar-refractivity contribution in [3.8, 4) is 0 Å². The standard InChI is InChI=1S/C16H14ClNO2S.Na.H/c1-9-2-4-10(5-3-9)16(21)14-12(17)7-6-11(15(14)18)8-13(19)20;;/h2-7H,8,18H2,1H3,(H,19,20);;. The second-order valence-corrected chi connectivity index (χ2v) is 5.58. The van der Waals surface area contributed by atoms with Crippen molar-refractivity contribution in [2.45, 2.75) is 13.3 Å². The molecule has 0 fully saturated rings. The molecular formula is C16H15ClNNaO2S. The van der Waals surface area contributed by atoms with Crippen LogP contribution in [-0.4, -0.2) is 45.5 Å². The summed E-state index contributed by atoms with van der Waals surface area (Å²) < 4.78 is 0. The van der Waals surface area contributed by atoms with Crippen molar-refractivity contribution in [1.29, 1.82) is 0 Å². The van der Waals surface area contributed by atoms with E-state index in [-0.39, 0.29) is 36.0 Å². The average Bonchev–Trinajstić information content (AvgIpc) is 2.42. The molecule has 0 aliphatic carbocycles. The van der Waals surface area contributed by atoms with Gasteiger partial charge in [0.2, 0.25) is 0 Å². The molecular weight excluding hydrogens is 329 g/mol. The van der Waals surface area contributed by atoms with E-state index in [9.17, 15) is 4.79 Å². The molecule has 3 N–H and O–H groups in total. The van der Waals surface area contributed by atoms with Gasteiger partial charge in [0.1, 0.15) is 0 Å². The number of carboxylic acid groups (broad SMARTS) is 1. The molecule has 0 radical (unpaired) electrons. The summed E-state index contributed by atoms with van der Waals surface area (Å²) in [5.74, 6) is -0.948. The fourth-order valence-electron chi connectivity index (χ4n) is 2.03. The van der Waals surface area contributed by atoms with Gasteiger partial charge in [0, 0.05) is 11.3 Å². The van der Waals surface area contributed by atoms with Gasteiger partial charge in [-0.25, -0.2) is 0 Å². The van der Waals surface area contributed by atoms with Crippen LogP contribution in [-0.2, 0) is 11.2 Å². The number of thiocarbonyl (C=S) groups is 1. The van der Waals surface area contributed by atoms with Gasteiger partial charge in [-0.2, -0.15) is 0 Å². The summed E-state index contributed by atoms with van der Waals surface area (Å²) >= 11 is 11.7. The average molecular weight is 344 g/mol. The van der Waals surface area contributed by atoms with Crippen molar-refractivity contribution >= 4 is 69.9 Å². The van der Waals surface area contributed by atoms with Gasteiger partial charge in [0.25, 0.3) is 0 Å². The van der Waals surface area contributed by atoms with Crippen molar-refractivity contribution in [2.75, 3.05) is 5.73 Å². The van der Waals surface area contributed by atoms with Gasteiger partial charge in [-0.1, -0.05) is 59.7 Å². The van der Waals surface area contributed by atoms with E-state index in [1.54, 1.807) is 12.1 Å². The zero-order valence-corrected chi connectivity index (χ0v) is 13.0. The molecule has 22 heavy (non-hydrogen) atoms. The number of benzene rings is 2. The predicted octanol–water partition coefficient (Wildman–Crippen LogP) is 2.98. The minimum absolute atomic E-state index is 0. The van der Waals surface area contributed by atoms with E-state index in [0.29, 0.717) is 26.7 Å². The Kier molecular flexibility index (Phi) is 7.03. The second-order valence-electron chi connectivity index (χ2n) is 4.76. The number of anilines is 1. The number of nitrogen functional groups attached to an aromatic ring is 1. The molecule has 0 aliphatic rings. The van der Waals surface area contributed by atoms with Crippen molar-refractivity contribution in [1.82, 2.24) is 0 Å². The van der Waals surface area contributed by atoms with Crippen LogP contribution in [0.4, 0.5) is 5.69 Å². The number of halogens is 1. The Bertz CT molecular complexity index is 717. The van der Waals surface area contributed by atoms with E-state index < -0.39 is 5.97 Å². The summed E-state index contributed by atoms with van der Waals surface area (Å²) in [7, 11) is 0. The fourth-order valence-corrected chi connectivity index (χ4v) is 2.70. The van der Waals surface area contributed by atoms with Crippen LogP contribution in [0, 0.1) is 6.92 Å². The second kappa shape index (κ2) is 8.09. The zero-order valence-electron chi connectivity index (χ0n) is 11.4. The molecule has 2 aromatic rings. The number of carbonyl (C=O) groups is 1. The first-order chi connectivity index (χ1) is 9.90.